The highest BCUT2D eigenvalue weighted by atomic mass is 15.2. The van der Waals surface area contributed by atoms with Crippen LogP contribution in [0.15, 0.2) is 0 Å². The topological polar surface area (TPSA) is 29.3 Å². The van der Waals surface area contributed by atoms with Gasteiger partial charge in [0.2, 0.25) is 0 Å². The van der Waals surface area contributed by atoms with Gasteiger partial charge in [-0.15, -0.1) is 0 Å². The third-order valence-corrected chi connectivity index (χ3v) is 4.92. The van der Waals surface area contributed by atoms with Gasteiger partial charge in [-0.25, -0.2) is 0 Å². The zero-order chi connectivity index (χ0) is 14.4. The van der Waals surface area contributed by atoms with Crippen molar-refractivity contribution < 1.29 is 0 Å². The lowest BCUT2D eigenvalue weighted by atomic mass is 9.67. The van der Waals surface area contributed by atoms with Crippen molar-refractivity contribution >= 4 is 0 Å². The highest BCUT2D eigenvalue weighted by Crippen LogP contribution is 2.43. The van der Waals surface area contributed by atoms with E-state index >= 15 is 0 Å². The first-order valence-corrected chi connectivity index (χ1v) is 8.45. The lowest BCUT2D eigenvalue weighted by molar-refractivity contribution is 0.00790. The van der Waals surface area contributed by atoms with Gasteiger partial charge in [0.15, 0.2) is 0 Å². The van der Waals surface area contributed by atoms with Crippen molar-refractivity contribution in [2.75, 3.05) is 19.6 Å². The maximum Gasteiger partial charge on any atom is 0.0336 e. The molecule has 0 saturated heterocycles. The summed E-state index contributed by atoms with van der Waals surface area (Å²) in [6, 6.07) is 0. The molecule has 0 heterocycles. The van der Waals surface area contributed by atoms with E-state index in [0.717, 1.165) is 6.54 Å². The largest absolute Gasteiger partial charge is 0.329 e. The van der Waals surface area contributed by atoms with E-state index in [2.05, 4.69) is 32.6 Å². The molecule has 114 valence electrons. The second kappa shape index (κ2) is 7.64. The fraction of sp³-hybridized carbons (Fsp3) is 1.00. The van der Waals surface area contributed by atoms with Crippen LogP contribution in [0.4, 0.5) is 0 Å². The molecule has 1 aliphatic rings. The third-order valence-electron chi connectivity index (χ3n) is 4.92. The molecule has 2 N–H and O–H groups in total. The Kier molecular flexibility index (Phi) is 6.82. The summed E-state index contributed by atoms with van der Waals surface area (Å²) in [5.74, 6) is 0. The fourth-order valence-corrected chi connectivity index (χ4v) is 3.82. The normalized spacial score (nSPS) is 26.8. The van der Waals surface area contributed by atoms with E-state index in [1.54, 1.807) is 0 Å². The summed E-state index contributed by atoms with van der Waals surface area (Å²) >= 11 is 0. The lowest BCUT2D eigenvalue weighted by Gasteiger charge is -2.51. The maximum absolute atomic E-state index is 6.26. The lowest BCUT2D eigenvalue weighted by Crippen LogP contribution is -2.58. The Morgan fingerprint density at radius 1 is 1.00 bits per heavy atom. The van der Waals surface area contributed by atoms with E-state index < -0.39 is 0 Å². The standard InChI is InChI=1S/C17H36N2/c1-5-7-12-19(13-8-6-2)17(15-18)11-9-10-16(3,4)14-17/h5-15,18H2,1-4H3. The second-order valence-electron chi connectivity index (χ2n) is 7.32. The first-order valence-electron chi connectivity index (χ1n) is 8.45. The number of rotatable bonds is 8. The van der Waals surface area contributed by atoms with Crippen LogP contribution in [-0.2, 0) is 0 Å². The summed E-state index contributed by atoms with van der Waals surface area (Å²) < 4.78 is 0. The van der Waals surface area contributed by atoms with Gasteiger partial charge in [0.1, 0.15) is 0 Å². The van der Waals surface area contributed by atoms with Crippen molar-refractivity contribution in [3.63, 3.8) is 0 Å². The molecular weight excluding hydrogens is 232 g/mol. The van der Waals surface area contributed by atoms with E-state index in [0.29, 0.717) is 5.41 Å². The SMILES string of the molecule is CCCCN(CCCC)C1(CN)CCCC(C)(C)C1. The molecular formula is C17H36N2. The first-order chi connectivity index (χ1) is 8.99. The first kappa shape index (κ1) is 17.0. The number of nitrogens with zero attached hydrogens (tertiary/aromatic N) is 1. The van der Waals surface area contributed by atoms with Crippen molar-refractivity contribution in [1.29, 1.82) is 0 Å². The Labute approximate surface area is 121 Å². The molecule has 1 saturated carbocycles. The molecule has 0 bridgehead atoms. The van der Waals surface area contributed by atoms with E-state index in [1.165, 1.54) is 64.5 Å². The summed E-state index contributed by atoms with van der Waals surface area (Å²) in [4.78, 5) is 2.75. The van der Waals surface area contributed by atoms with E-state index in [1.807, 2.05) is 0 Å². The van der Waals surface area contributed by atoms with Gasteiger partial charge in [-0.05, 0) is 50.6 Å². The van der Waals surface area contributed by atoms with Crippen LogP contribution in [0.25, 0.3) is 0 Å². The average molecular weight is 268 g/mol. The Bertz CT molecular complexity index is 242. The minimum absolute atomic E-state index is 0.284. The molecule has 0 aromatic rings. The average Bonchev–Trinajstić information content (AvgIpc) is 2.37. The molecule has 1 atom stereocenters. The van der Waals surface area contributed by atoms with Crippen LogP contribution in [0.2, 0.25) is 0 Å². The van der Waals surface area contributed by atoms with Crippen molar-refractivity contribution in [1.82, 2.24) is 4.90 Å². The quantitative estimate of drug-likeness (QED) is 0.715. The van der Waals surface area contributed by atoms with Gasteiger partial charge in [0.05, 0.1) is 0 Å². The minimum atomic E-state index is 0.284. The van der Waals surface area contributed by atoms with Crippen molar-refractivity contribution in [2.45, 2.75) is 84.6 Å². The van der Waals surface area contributed by atoms with Gasteiger partial charge in [0, 0.05) is 12.1 Å². The predicted molar refractivity (Wildman–Crippen MR) is 85.4 cm³/mol. The molecule has 2 nitrogen and oxygen atoms in total. The molecule has 1 aliphatic carbocycles. The van der Waals surface area contributed by atoms with Gasteiger partial charge in [-0.1, -0.05) is 47.0 Å². The smallest absolute Gasteiger partial charge is 0.0336 e. The van der Waals surface area contributed by atoms with Gasteiger partial charge < -0.3 is 5.73 Å². The monoisotopic (exact) mass is 268 g/mol. The summed E-state index contributed by atoms with van der Waals surface area (Å²) in [5.41, 5.74) is 7.01. The number of hydrogen-bond donors (Lipinski definition) is 1. The van der Waals surface area contributed by atoms with Gasteiger partial charge in [-0.2, -0.15) is 0 Å². The molecule has 1 unspecified atom stereocenters. The van der Waals surface area contributed by atoms with Crippen LogP contribution in [-0.4, -0.2) is 30.1 Å². The Balaban J connectivity index is 2.79. The molecule has 1 fully saturated rings. The zero-order valence-corrected chi connectivity index (χ0v) is 13.8. The summed E-state index contributed by atoms with van der Waals surface area (Å²) in [5, 5.41) is 0. The van der Waals surface area contributed by atoms with Gasteiger partial charge in [-0.3, -0.25) is 4.90 Å². The number of hydrogen-bond acceptors (Lipinski definition) is 2. The predicted octanol–water partition coefficient (Wildman–Crippen LogP) is 4.19. The third kappa shape index (κ3) is 4.75. The van der Waals surface area contributed by atoms with Gasteiger partial charge >= 0.3 is 0 Å². The van der Waals surface area contributed by atoms with Crippen LogP contribution < -0.4 is 5.73 Å². The molecule has 0 aromatic carbocycles. The molecule has 0 spiro atoms. The Morgan fingerprint density at radius 3 is 2.00 bits per heavy atom. The van der Waals surface area contributed by atoms with Crippen LogP contribution in [0.1, 0.15) is 79.1 Å². The molecule has 2 heteroatoms. The van der Waals surface area contributed by atoms with E-state index in [4.69, 9.17) is 5.73 Å². The highest BCUT2D eigenvalue weighted by molar-refractivity contribution is 4.99. The Morgan fingerprint density at radius 2 is 1.58 bits per heavy atom. The Hall–Kier alpha value is -0.0800. The minimum Gasteiger partial charge on any atom is -0.329 e. The summed E-state index contributed by atoms with van der Waals surface area (Å²) in [6.45, 7) is 12.7. The molecule has 0 aromatic heterocycles. The van der Waals surface area contributed by atoms with Crippen molar-refractivity contribution in [2.24, 2.45) is 11.1 Å². The summed E-state index contributed by atoms with van der Waals surface area (Å²) in [6.07, 6.45) is 10.5. The number of nitrogens with two attached hydrogens (primary N) is 1. The van der Waals surface area contributed by atoms with E-state index in [-0.39, 0.29) is 5.54 Å². The maximum atomic E-state index is 6.26. The molecule has 0 radical (unpaired) electrons. The van der Waals surface area contributed by atoms with Crippen LogP contribution in [0, 0.1) is 5.41 Å². The molecule has 19 heavy (non-hydrogen) atoms. The molecule has 0 amide bonds. The molecule has 1 rings (SSSR count). The van der Waals surface area contributed by atoms with Crippen LogP contribution in [0.5, 0.6) is 0 Å². The zero-order valence-electron chi connectivity index (χ0n) is 13.8. The summed E-state index contributed by atoms with van der Waals surface area (Å²) in [7, 11) is 0. The molecule has 0 aliphatic heterocycles. The van der Waals surface area contributed by atoms with Crippen LogP contribution >= 0.6 is 0 Å². The number of unbranched alkanes of at least 4 members (excludes halogenated alkanes) is 2. The second-order valence-corrected chi connectivity index (χ2v) is 7.32. The van der Waals surface area contributed by atoms with Crippen molar-refractivity contribution in [3.05, 3.63) is 0 Å². The highest BCUT2D eigenvalue weighted by Gasteiger charge is 2.42. The van der Waals surface area contributed by atoms with Crippen molar-refractivity contribution in [3.8, 4) is 0 Å². The van der Waals surface area contributed by atoms with E-state index in [9.17, 15) is 0 Å². The van der Waals surface area contributed by atoms with Crippen LogP contribution in [0.3, 0.4) is 0 Å². The fourth-order valence-electron chi connectivity index (χ4n) is 3.82. The van der Waals surface area contributed by atoms with Gasteiger partial charge in [0.25, 0.3) is 0 Å².